The van der Waals surface area contributed by atoms with Crippen LogP contribution in [0.15, 0.2) is 4.99 Å². The van der Waals surface area contributed by atoms with E-state index in [9.17, 15) is 0 Å². The Bertz CT molecular complexity index is 169. The van der Waals surface area contributed by atoms with Crippen LogP contribution in [-0.4, -0.2) is 39.3 Å². The summed E-state index contributed by atoms with van der Waals surface area (Å²) in [6, 6.07) is 0.276. The first-order chi connectivity index (χ1) is 6.60. The van der Waals surface area contributed by atoms with Gasteiger partial charge in [-0.05, 0) is 12.8 Å². The van der Waals surface area contributed by atoms with Crippen LogP contribution in [0, 0.1) is 5.92 Å². The lowest BCUT2D eigenvalue weighted by atomic mass is 10.2. The zero-order valence-corrected chi connectivity index (χ0v) is 9.92. The minimum atomic E-state index is 0.276. The molecular weight excluding hydrogens is 178 g/mol. The monoisotopic (exact) mass is 201 g/mol. The maximum absolute atomic E-state index is 5.03. The molecule has 14 heavy (non-hydrogen) atoms. The standard InChI is InChI=1S/C10H23N3O/c1-8(2)6-12-10(11-4)13-9(3)7-14-5/h8-9H,6-7H2,1-5H3,(H2,11,12,13). The Labute approximate surface area is 87.1 Å². The first-order valence-electron chi connectivity index (χ1n) is 5.06. The number of nitrogens with one attached hydrogen (secondary N) is 2. The maximum Gasteiger partial charge on any atom is 0.191 e. The Kier molecular flexibility index (Phi) is 7.20. The normalized spacial score (nSPS) is 14.3. The Morgan fingerprint density at radius 1 is 1.36 bits per heavy atom. The van der Waals surface area contributed by atoms with Gasteiger partial charge in [0.05, 0.1) is 6.61 Å². The summed E-state index contributed by atoms with van der Waals surface area (Å²) in [6.07, 6.45) is 0. The predicted molar refractivity (Wildman–Crippen MR) is 60.7 cm³/mol. The van der Waals surface area contributed by atoms with Gasteiger partial charge in [-0.25, -0.2) is 0 Å². The molecule has 0 spiro atoms. The summed E-state index contributed by atoms with van der Waals surface area (Å²) in [4.78, 5) is 4.12. The van der Waals surface area contributed by atoms with Gasteiger partial charge in [-0.1, -0.05) is 13.8 Å². The van der Waals surface area contributed by atoms with Crippen LogP contribution in [0.1, 0.15) is 20.8 Å². The van der Waals surface area contributed by atoms with E-state index >= 15 is 0 Å². The fourth-order valence-corrected chi connectivity index (χ4v) is 1.02. The van der Waals surface area contributed by atoms with Crippen molar-refractivity contribution in [3.63, 3.8) is 0 Å². The van der Waals surface area contributed by atoms with Crippen molar-refractivity contribution < 1.29 is 4.74 Å². The molecule has 4 nitrogen and oxygen atoms in total. The summed E-state index contributed by atoms with van der Waals surface area (Å²) in [5, 5.41) is 6.48. The molecule has 4 heteroatoms. The second kappa shape index (κ2) is 7.62. The SMILES string of the molecule is CN=C(NCC(C)C)NC(C)COC. The summed E-state index contributed by atoms with van der Waals surface area (Å²) < 4.78 is 5.03. The molecule has 2 N–H and O–H groups in total. The van der Waals surface area contributed by atoms with Crippen molar-refractivity contribution in [1.82, 2.24) is 10.6 Å². The Morgan fingerprint density at radius 2 is 2.00 bits per heavy atom. The molecule has 84 valence electrons. The van der Waals surface area contributed by atoms with Crippen molar-refractivity contribution in [3.05, 3.63) is 0 Å². The Hall–Kier alpha value is -0.770. The van der Waals surface area contributed by atoms with Gasteiger partial charge in [0, 0.05) is 26.7 Å². The highest BCUT2D eigenvalue weighted by Crippen LogP contribution is 1.88. The molecule has 0 rings (SSSR count). The fourth-order valence-electron chi connectivity index (χ4n) is 1.02. The Balaban J connectivity index is 3.80. The van der Waals surface area contributed by atoms with E-state index in [2.05, 4.69) is 36.4 Å². The predicted octanol–water partition coefficient (Wildman–Crippen LogP) is 0.842. The lowest BCUT2D eigenvalue weighted by Crippen LogP contribution is -2.44. The van der Waals surface area contributed by atoms with Crippen LogP contribution < -0.4 is 10.6 Å². The molecule has 0 aromatic carbocycles. The number of hydrogen-bond acceptors (Lipinski definition) is 2. The summed E-state index contributed by atoms with van der Waals surface area (Å²) in [6.45, 7) is 8.01. The van der Waals surface area contributed by atoms with E-state index in [4.69, 9.17) is 4.74 Å². The third-order valence-electron chi connectivity index (χ3n) is 1.70. The van der Waals surface area contributed by atoms with E-state index in [1.54, 1.807) is 14.2 Å². The first-order valence-corrected chi connectivity index (χ1v) is 5.06. The van der Waals surface area contributed by atoms with Gasteiger partial charge in [-0.15, -0.1) is 0 Å². The quantitative estimate of drug-likeness (QED) is 0.512. The largest absolute Gasteiger partial charge is 0.383 e. The molecule has 0 aromatic rings. The molecule has 1 unspecified atom stereocenters. The molecule has 0 aromatic heterocycles. The summed E-state index contributed by atoms with van der Waals surface area (Å²) >= 11 is 0. The fraction of sp³-hybridized carbons (Fsp3) is 0.900. The van der Waals surface area contributed by atoms with E-state index in [1.165, 1.54) is 0 Å². The molecule has 0 heterocycles. The minimum absolute atomic E-state index is 0.276. The topological polar surface area (TPSA) is 45.7 Å². The molecule has 0 saturated heterocycles. The van der Waals surface area contributed by atoms with Crippen LogP contribution >= 0.6 is 0 Å². The van der Waals surface area contributed by atoms with Crippen molar-refractivity contribution in [2.75, 3.05) is 27.3 Å². The molecule has 0 aliphatic heterocycles. The van der Waals surface area contributed by atoms with Gasteiger partial charge >= 0.3 is 0 Å². The molecule has 0 fully saturated rings. The average molecular weight is 201 g/mol. The molecule has 0 amide bonds. The number of rotatable bonds is 5. The van der Waals surface area contributed by atoms with E-state index in [-0.39, 0.29) is 6.04 Å². The van der Waals surface area contributed by atoms with Crippen molar-refractivity contribution in [2.24, 2.45) is 10.9 Å². The second-order valence-corrected chi connectivity index (χ2v) is 3.85. The molecule has 0 radical (unpaired) electrons. The highest BCUT2D eigenvalue weighted by atomic mass is 16.5. The van der Waals surface area contributed by atoms with E-state index in [1.807, 2.05) is 0 Å². The van der Waals surface area contributed by atoms with Crippen molar-refractivity contribution in [3.8, 4) is 0 Å². The van der Waals surface area contributed by atoms with Gasteiger partial charge in [0.1, 0.15) is 0 Å². The number of nitrogens with zero attached hydrogens (tertiary/aromatic N) is 1. The van der Waals surface area contributed by atoms with Gasteiger partial charge < -0.3 is 15.4 Å². The van der Waals surface area contributed by atoms with Crippen LogP contribution in [0.2, 0.25) is 0 Å². The van der Waals surface area contributed by atoms with Crippen molar-refractivity contribution >= 4 is 5.96 Å². The number of ether oxygens (including phenoxy) is 1. The zero-order chi connectivity index (χ0) is 11.0. The zero-order valence-electron chi connectivity index (χ0n) is 9.92. The van der Waals surface area contributed by atoms with Gasteiger partial charge in [-0.2, -0.15) is 0 Å². The summed E-state index contributed by atoms with van der Waals surface area (Å²) in [7, 11) is 3.47. The smallest absolute Gasteiger partial charge is 0.191 e. The van der Waals surface area contributed by atoms with Crippen molar-refractivity contribution in [2.45, 2.75) is 26.8 Å². The summed E-state index contributed by atoms with van der Waals surface area (Å²) in [5.74, 6) is 1.45. The van der Waals surface area contributed by atoms with Crippen molar-refractivity contribution in [1.29, 1.82) is 0 Å². The average Bonchev–Trinajstić information content (AvgIpc) is 2.12. The highest BCUT2D eigenvalue weighted by molar-refractivity contribution is 5.79. The number of guanidine groups is 1. The lowest BCUT2D eigenvalue weighted by molar-refractivity contribution is 0.179. The van der Waals surface area contributed by atoms with Crippen LogP contribution in [-0.2, 0) is 4.74 Å². The highest BCUT2D eigenvalue weighted by Gasteiger charge is 2.04. The van der Waals surface area contributed by atoms with Crippen LogP contribution in [0.25, 0.3) is 0 Å². The minimum Gasteiger partial charge on any atom is -0.383 e. The van der Waals surface area contributed by atoms with Crippen LogP contribution in [0.3, 0.4) is 0 Å². The first kappa shape index (κ1) is 13.2. The van der Waals surface area contributed by atoms with Gasteiger partial charge in [0.25, 0.3) is 0 Å². The number of aliphatic imine (C=N–C) groups is 1. The van der Waals surface area contributed by atoms with Crippen LogP contribution in [0.4, 0.5) is 0 Å². The molecule has 0 saturated carbocycles. The van der Waals surface area contributed by atoms with Crippen LogP contribution in [0.5, 0.6) is 0 Å². The molecule has 0 bridgehead atoms. The van der Waals surface area contributed by atoms with E-state index in [0.717, 1.165) is 12.5 Å². The number of methoxy groups -OCH3 is 1. The van der Waals surface area contributed by atoms with E-state index in [0.29, 0.717) is 12.5 Å². The molecule has 0 aliphatic carbocycles. The molecule has 0 aliphatic rings. The summed E-state index contributed by atoms with van der Waals surface area (Å²) in [5.41, 5.74) is 0. The Morgan fingerprint density at radius 3 is 2.43 bits per heavy atom. The molecular formula is C10H23N3O. The van der Waals surface area contributed by atoms with Gasteiger partial charge in [0.15, 0.2) is 5.96 Å². The second-order valence-electron chi connectivity index (χ2n) is 3.85. The third kappa shape index (κ3) is 6.71. The van der Waals surface area contributed by atoms with E-state index < -0.39 is 0 Å². The molecule has 1 atom stereocenters. The van der Waals surface area contributed by atoms with Gasteiger partial charge in [-0.3, -0.25) is 4.99 Å². The third-order valence-corrected chi connectivity index (χ3v) is 1.70. The lowest BCUT2D eigenvalue weighted by Gasteiger charge is -2.17. The van der Waals surface area contributed by atoms with Gasteiger partial charge in [0.2, 0.25) is 0 Å². The number of hydrogen-bond donors (Lipinski definition) is 2. The maximum atomic E-state index is 5.03.